The molecule has 3 rings (SSSR count). The number of hydrogen-bond acceptors (Lipinski definition) is 2. The summed E-state index contributed by atoms with van der Waals surface area (Å²) < 4.78 is 5.52. The Bertz CT molecular complexity index is 449. The Morgan fingerprint density at radius 1 is 1.38 bits per heavy atom. The van der Waals surface area contributed by atoms with Gasteiger partial charge < -0.3 is 4.74 Å². The van der Waals surface area contributed by atoms with E-state index in [2.05, 4.69) is 0 Å². The lowest BCUT2D eigenvalue weighted by molar-refractivity contribution is 0.0967. The molecule has 2 nitrogen and oxygen atoms in total. The number of Topliss-reactive ketones (excluding diaryl/α,β-unsaturated/α-hetero) is 1. The quantitative estimate of drug-likeness (QED) is 0.737. The highest BCUT2D eigenvalue weighted by atomic mass is 35.5. The molecule has 0 saturated heterocycles. The topological polar surface area (TPSA) is 26.3 Å². The summed E-state index contributed by atoms with van der Waals surface area (Å²) in [7, 11) is 0. The van der Waals surface area contributed by atoms with E-state index in [9.17, 15) is 4.79 Å². The summed E-state index contributed by atoms with van der Waals surface area (Å²) in [5.41, 5.74) is 1.85. The second kappa shape index (κ2) is 3.77. The molecule has 1 heterocycles. The highest BCUT2D eigenvalue weighted by Gasteiger charge is 2.31. The number of aryl methyl sites for hydroxylation is 1. The fourth-order valence-electron chi connectivity index (χ4n) is 2.16. The maximum absolute atomic E-state index is 11.9. The van der Waals surface area contributed by atoms with Crippen molar-refractivity contribution in [1.82, 2.24) is 0 Å². The third-order valence-corrected chi connectivity index (χ3v) is 3.47. The molecule has 0 amide bonds. The van der Waals surface area contributed by atoms with Crippen LogP contribution in [0.25, 0.3) is 0 Å². The van der Waals surface area contributed by atoms with E-state index in [-0.39, 0.29) is 11.7 Å². The van der Waals surface area contributed by atoms with Crippen LogP contribution in [0, 0.1) is 5.92 Å². The lowest BCUT2D eigenvalue weighted by Crippen LogP contribution is -2.11. The minimum absolute atomic E-state index is 0.246. The van der Waals surface area contributed by atoms with E-state index in [0.29, 0.717) is 5.02 Å². The molecule has 1 aliphatic carbocycles. The predicted octanol–water partition coefficient (Wildman–Crippen LogP) is 3.26. The Morgan fingerprint density at radius 2 is 2.19 bits per heavy atom. The van der Waals surface area contributed by atoms with Crippen LogP contribution in [-0.4, -0.2) is 12.4 Å². The van der Waals surface area contributed by atoms with E-state index >= 15 is 0 Å². The number of ether oxygens (including phenoxy) is 1. The molecule has 1 saturated carbocycles. The zero-order valence-electron chi connectivity index (χ0n) is 8.96. The van der Waals surface area contributed by atoms with Crippen molar-refractivity contribution in [1.29, 1.82) is 0 Å². The first-order valence-corrected chi connectivity index (χ1v) is 6.13. The zero-order valence-corrected chi connectivity index (χ0v) is 9.72. The van der Waals surface area contributed by atoms with Crippen LogP contribution in [0.5, 0.6) is 5.75 Å². The van der Waals surface area contributed by atoms with Gasteiger partial charge in [-0.3, -0.25) is 4.79 Å². The molecule has 84 valence electrons. The lowest BCUT2D eigenvalue weighted by Gasteiger charge is -2.19. The van der Waals surface area contributed by atoms with Crippen LogP contribution in [0.1, 0.15) is 35.2 Å². The van der Waals surface area contributed by atoms with Crippen molar-refractivity contribution in [2.24, 2.45) is 5.92 Å². The average Bonchev–Trinajstić information content (AvgIpc) is 3.12. The van der Waals surface area contributed by atoms with Crippen LogP contribution in [0.3, 0.4) is 0 Å². The molecule has 0 aromatic heterocycles. The predicted molar refractivity (Wildman–Crippen MR) is 62.3 cm³/mol. The third-order valence-electron chi connectivity index (χ3n) is 3.19. The number of carbonyl (C=O) groups is 1. The van der Waals surface area contributed by atoms with Gasteiger partial charge in [-0.15, -0.1) is 0 Å². The Labute approximate surface area is 99.6 Å². The molecule has 1 aromatic carbocycles. The Kier molecular flexibility index (Phi) is 2.40. The molecule has 3 heteroatoms. The van der Waals surface area contributed by atoms with E-state index in [1.165, 1.54) is 0 Å². The van der Waals surface area contributed by atoms with E-state index in [0.717, 1.165) is 49.2 Å². The minimum atomic E-state index is 0.246. The Hall–Kier alpha value is -1.02. The van der Waals surface area contributed by atoms with Gasteiger partial charge in [0.05, 0.1) is 11.6 Å². The van der Waals surface area contributed by atoms with Crippen LogP contribution in [0.4, 0.5) is 0 Å². The maximum Gasteiger partial charge on any atom is 0.166 e. The monoisotopic (exact) mass is 236 g/mol. The molecule has 0 unspecified atom stereocenters. The highest BCUT2D eigenvalue weighted by Crippen LogP contribution is 2.37. The van der Waals surface area contributed by atoms with Gasteiger partial charge in [0.1, 0.15) is 5.75 Å². The number of carbonyl (C=O) groups excluding carboxylic acids is 1. The van der Waals surface area contributed by atoms with Gasteiger partial charge in [-0.2, -0.15) is 0 Å². The van der Waals surface area contributed by atoms with Gasteiger partial charge >= 0.3 is 0 Å². The van der Waals surface area contributed by atoms with Crippen LogP contribution in [-0.2, 0) is 6.42 Å². The molecule has 0 spiro atoms. The molecule has 0 bridgehead atoms. The minimum Gasteiger partial charge on any atom is -0.492 e. The molecule has 1 aliphatic heterocycles. The number of ketones is 1. The van der Waals surface area contributed by atoms with E-state index in [4.69, 9.17) is 16.3 Å². The molecule has 1 fully saturated rings. The van der Waals surface area contributed by atoms with Gasteiger partial charge in [0.15, 0.2) is 5.78 Å². The molecular weight excluding hydrogens is 224 g/mol. The SMILES string of the molecule is O=C(c1cc(Cl)c2c(c1)CCCO2)C1CC1. The average molecular weight is 237 g/mol. The second-order valence-corrected chi connectivity index (χ2v) is 4.94. The van der Waals surface area contributed by atoms with E-state index in [1.54, 1.807) is 6.07 Å². The number of hydrogen-bond donors (Lipinski definition) is 0. The summed E-state index contributed by atoms with van der Waals surface area (Å²) in [4.78, 5) is 11.9. The molecule has 0 atom stereocenters. The van der Waals surface area contributed by atoms with Crippen molar-refractivity contribution in [3.8, 4) is 5.75 Å². The van der Waals surface area contributed by atoms with E-state index in [1.807, 2.05) is 6.07 Å². The first-order chi connectivity index (χ1) is 7.75. The molecule has 16 heavy (non-hydrogen) atoms. The standard InChI is InChI=1S/C13H13ClO2/c14-11-7-10(12(15)8-3-4-8)6-9-2-1-5-16-13(9)11/h6-8H,1-5H2. The Morgan fingerprint density at radius 3 is 2.94 bits per heavy atom. The summed E-state index contributed by atoms with van der Waals surface area (Å²) in [5, 5.41) is 0.584. The van der Waals surface area contributed by atoms with Crippen molar-refractivity contribution >= 4 is 17.4 Å². The number of benzene rings is 1. The summed E-state index contributed by atoms with van der Waals surface area (Å²) in [6, 6.07) is 3.72. The molecule has 0 radical (unpaired) electrons. The van der Waals surface area contributed by atoms with Crippen molar-refractivity contribution in [2.75, 3.05) is 6.61 Å². The summed E-state index contributed by atoms with van der Waals surface area (Å²) in [6.07, 6.45) is 4.03. The summed E-state index contributed by atoms with van der Waals surface area (Å²) in [5.74, 6) is 1.27. The van der Waals surface area contributed by atoms with Gasteiger partial charge in [-0.25, -0.2) is 0 Å². The van der Waals surface area contributed by atoms with Crippen molar-refractivity contribution in [2.45, 2.75) is 25.7 Å². The molecule has 2 aliphatic rings. The third kappa shape index (κ3) is 1.71. The first kappa shape index (κ1) is 10.2. The smallest absolute Gasteiger partial charge is 0.166 e. The van der Waals surface area contributed by atoms with Gasteiger partial charge in [0.25, 0.3) is 0 Å². The fourth-order valence-corrected chi connectivity index (χ4v) is 2.45. The highest BCUT2D eigenvalue weighted by molar-refractivity contribution is 6.32. The van der Waals surface area contributed by atoms with Crippen molar-refractivity contribution < 1.29 is 9.53 Å². The van der Waals surface area contributed by atoms with Gasteiger partial charge in [-0.1, -0.05) is 11.6 Å². The Balaban J connectivity index is 2.00. The van der Waals surface area contributed by atoms with Crippen molar-refractivity contribution in [3.63, 3.8) is 0 Å². The van der Waals surface area contributed by atoms with Gasteiger partial charge in [0, 0.05) is 11.5 Å². The summed E-state index contributed by atoms with van der Waals surface area (Å²) >= 11 is 6.14. The van der Waals surface area contributed by atoms with Crippen molar-refractivity contribution in [3.05, 3.63) is 28.3 Å². The van der Waals surface area contributed by atoms with Gasteiger partial charge in [0.2, 0.25) is 0 Å². The van der Waals surface area contributed by atoms with Crippen LogP contribution in [0.15, 0.2) is 12.1 Å². The molecule has 1 aromatic rings. The van der Waals surface area contributed by atoms with E-state index < -0.39 is 0 Å². The number of rotatable bonds is 2. The van der Waals surface area contributed by atoms with Crippen LogP contribution in [0.2, 0.25) is 5.02 Å². The van der Waals surface area contributed by atoms with Gasteiger partial charge in [-0.05, 0) is 43.4 Å². The number of halogens is 1. The first-order valence-electron chi connectivity index (χ1n) is 5.75. The molecule has 0 N–H and O–H groups in total. The second-order valence-electron chi connectivity index (χ2n) is 4.54. The normalized spacial score (nSPS) is 18.8. The van der Waals surface area contributed by atoms with Crippen LogP contribution < -0.4 is 4.74 Å². The van der Waals surface area contributed by atoms with Crippen LogP contribution >= 0.6 is 11.6 Å². The maximum atomic E-state index is 11.9. The zero-order chi connectivity index (χ0) is 11.1. The lowest BCUT2D eigenvalue weighted by atomic mass is 9.99. The largest absolute Gasteiger partial charge is 0.492 e. The number of fused-ring (bicyclic) bond motifs is 1. The molecular formula is C13H13ClO2. The summed E-state index contributed by atoms with van der Waals surface area (Å²) in [6.45, 7) is 0.725. The fraction of sp³-hybridized carbons (Fsp3) is 0.462.